The highest BCUT2D eigenvalue weighted by Crippen LogP contribution is 2.26. The summed E-state index contributed by atoms with van der Waals surface area (Å²) in [7, 11) is 1.29. The van der Waals surface area contributed by atoms with Crippen LogP contribution in [0.2, 0.25) is 0 Å². The number of nitrogen functional groups attached to an aromatic ring is 1. The largest absolute Gasteiger partial charge is 0.505 e. The fourth-order valence-corrected chi connectivity index (χ4v) is 0.967. The lowest BCUT2D eigenvalue weighted by Gasteiger charge is -2.07. The Morgan fingerprint density at radius 1 is 1.64 bits per heavy atom. The molecular weight excluding hydrogens is 191 g/mol. The molecule has 1 rings (SSSR count). The molecule has 0 saturated heterocycles. The normalized spacial score (nSPS) is 9.64. The molecule has 1 aromatic carbocycles. The van der Waals surface area contributed by atoms with Gasteiger partial charge in [-0.15, -0.1) is 0 Å². The molecule has 0 spiro atoms. The number of aromatic hydroxyl groups is 1. The molecule has 1 amide bonds. The summed E-state index contributed by atoms with van der Waals surface area (Å²) < 4.78 is 17.6. The van der Waals surface area contributed by atoms with Crippen molar-refractivity contribution < 1.29 is 19.0 Å². The molecule has 0 aromatic heterocycles. The molecule has 76 valence electrons. The highest BCUT2D eigenvalue weighted by molar-refractivity contribution is 5.96. The van der Waals surface area contributed by atoms with Crippen molar-refractivity contribution in [2.45, 2.75) is 0 Å². The summed E-state index contributed by atoms with van der Waals surface area (Å²) >= 11 is 0. The van der Waals surface area contributed by atoms with Crippen molar-refractivity contribution >= 4 is 5.91 Å². The number of phenolic OH excluding ortho intramolecular Hbond substituents is 1. The molecule has 14 heavy (non-hydrogen) atoms. The van der Waals surface area contributed by atoms with Crippen molar-refractivity contribution in [3.8, 4) is 11.5 Å². The van der Waals surface area contributed by atoms with Crippen LogP contribution in [0.1, 0.15) is 10.4 Å². The zero-order chi connectivity index (χ0) is 10.7. The van der Waals surface area contributed by atoms with Crippen LogP contribution in [0.25, 0.3) is 0 Å². The van der Waals surface area contributed by atoms with Gasteiger partial charge in [-0.3, -0.25) is 10.2 Å². The minimum atomic E-state index is -0.913. The third-order valence-corrected chi connectivity index (χ3v) is 1.64. The molecule has 1 aromatic rings. The predicted octanol–water partition coefficient (Wildman–Crippen LogP) is 0.143. The predicted molar refractivity (Wildman–Crippen MR) is 46.3 cm³/mol. The van der Waals surface area contributed by atoms with Gasteiger partial charge in [-0.25, -0.2) is 10.2 Å². The topological polar surface area (TPSA) is 84.6 Å². The van der Waals surface area contributed by atoms with Crippen molar-refractivity contribution in [3.05, 3.63) is 23.5 Å². The van der Waals surface area contributed by atoms with Gasteiger partial charge in [0.25, 0.3) is 5.91 Å². The van der Waals surface area contributed by atoms with Gasteiger partial charge in [0.15, 0.2) is 11.6 Å². The van der Waals surface area contributed by atoms with E-state index in [1.54, 1.807) is 0 Å². The maximum atomic E-state index is 12.9. The summed E-state index contributed by atoms with van der Waals surface area (Å²) in [5, 5.41) is 8.99. The van der Waals surface area contributed by atoms with Crippen LogP contribution in [0, 0.1) is 5.82 Å². The first-order chi connectivity index (χ1) is 6.60. The average molecular weight is 200 g/mol. The van der Waals surface area contributed by atoms with Crippen LogP contribution >= 0.6 is 0 Å². The van der Waals surface area contributed by atoms with Crippen LogP contribution in [0.4, 0.5) is 4.39 Å². The van der Waals surface area contributed by atoms with E-state index in [-0.39, 0.29) is 11.3 Å². The number of amides is 1. The van der Waals surface area contributed by atoms with Gasteiger partial charge >= 0.3 is 0 Å². The van der Waals surface area contributed by atoms with Crippen LogP contribution < -0.4 is 16.0 Å². The van der Waals surface area contributed by atoms with E-state index in [1.807, 2.05) is 5.43 Å². The Bertz CT molecular complexity index is 368. The minimum Gasteiger partial charge on any atom is -0.505 e. The Labute approximate surface area is 79.3 Å². The molecule has 0 aliphatic rings. The van der Waals surface area contributed by atoms with E-state index >= 15 is 0 Å². The zero-order valence-electron chi connectivity index (χ0n) is 7.37. The van der Waals surface area contributed by atoms with E-state index in [0.29, 0.717) is 0 Å². The number of hydrogen-bond donors (Lipinski definition) is 3. The van der Waals surface area contributed by atoms with E-state index in [1.165, 1.54) is 7.11 Å². The molecule has 0 aliphatic carbocycles. The van der Waals surface area contributed by atoms with Gasteiger partial charge < -0.3 is 9.84 Å². The van der Waals surface area contributed by atoms with Crippen LogP contribution in [-0.4, -0.2) is 18.1 Å². The number of rotatable bonds is 2. The Kier molecular flexibility index (Phi) is 2.88. The Morgan fingerprint density at radius 3 is 2.79 bits per heavy atom. The summed E-state index contributed by atoms with van der Waals surface area (Å²) in [6.07, 6.45) is 0. The average Bonchev–Trinajstić information content (AvgIpc) is 2.20. The number of phenols is 1. The molecule has 0 atom stereocenters. The van der Waals surface area contributed by atoms with E-state index in [0.717, 1.165) is 12.1 Å². The first-order valence-electron chi connectivity index (χ1n) is 3.67. The monoisotopic (exact) mass is 200 g/mol. The van der Waals surface area contributed by atoms with Crippen LogP contribution in [-0.2, 0) is 0 Å². The first kappa shape index (κ1) is 10.3. The molecule has 6 heteroatoms. The van der Waals surface area contributed by atoms with Crippen molar-refractivity contribution in [1.29, 1.82) is 0 Å². The molecule has 0 heterocycles. The number of halogens is 1. The van der Waals surface area contributed by atoms with Gasteiger partial charge in [0, 0.05) is 6.07 Å². The molecule has 4 N–H and O–H groups in total. The van der Waals surface area contributed by atoms with E-state index in [2.05, 4.69) is 0 Å². The Morgan fingerprint density at radius 2 is 2.29 bits per heavy atom. The second kappa shape index (κ2) is 3.93. The molecule has 0 unspecified atom stereocenters. The van der Waals surface area contributed by atoms with Gasteiger partial charge in [0.2, 0.25) is 0 Å². The molecule has 0 saturated carbocycles. The maximum absolute atomic E-state index is 12.9. The van der Waals surface area contributed by atoms with Crippen molar-refractivity contribution in [3.63, 3.8) is 0 Å². The first-order valence-corrected chi connectivity index (χ1v) is 3.67. The number of nitrogens with two attached hydrogens (primary N) is 1. The molecule has 0 bridgehead atoms. The third-order valence-electron chi connectivity index (χ3n) is 1.64. The third kappa shape index (κ3) is 1.74. The molecule has 0 fully saturated rings. The minimum absolute atomic E-state index is 0.0480. The summed E-state index contributed by atoms with van der Waals surface area (Å²) in [5.41, 5.74) is 1.76. The second-order valence-corrected chi connectivity index (χ2v) is 2.48. The fourth-order valence-electron chi connectivity index (χ4n) is 0.967. The van der Waals surface area contributed by atoms with Gasteiger partial charge in [-0.05, 0) is 6.07 Å². The smallest absolute Gasteiger partial charge is 0.269 e. The summed E-state index contributed by atoms with van der Waals surface area (Å²) in [5.74, 6) is 2.73. The van der Waals surface area contributed by atoms with E-state index < -0.39 is 17.5 Å². The number of benzene rings is 1. The number of nitrogens with one attached hydrogen (secondary N) is 1. The number of ether oxygens (including phenoxy) is 1. The Balaban J connectivity index is 3.27. The van der Waals surface area contributed by atoms with Crippen LogP contribution in [0.3, 0.4) is 0 Å². The lowest BCUT2D eigenvalue weighted by Crippen LogP contribution is -2.30. The van der Waals surface area contributed by atoms with Gasteiger partial charge in [-0.1, -0.05) is 0 Å². The van der Waals surface area contributed by atoms with Crippen molar-refractivity contribution in [1.82, 2.24) is 5.43 Å². The maximum Gasteiger partial charge on any atom is 0.269 e. The van der Waals surface area contributed by atoms with Gasteiger partial charge in [-0.2, -0.15) is 0 Å². The number of carbonyl (C=O) groups excluding carboxylic acids is 1. The zero-order valence-corrected chi connectivity index (χ0v) is 7.37. The molecule has 0 aliphatic heterocycles. The molecular formula is C8H9FN2O3. The number of methoxy groups -OCH3 is 1. The standard InChI is InChI=1S/C8H9FN2O3/c1-14-7-3-6(12)5(9)2-4(7)8(13)11-10/h2-3,12H,10H2,1H3,(H,11,13). The Hall–Kier alpha value is -1.82. The lowest BCUT2D eigenvalue weighted by molar-refractivity contribution is 0.0950. The SMILES string of the molecule is COc1cc(O)c(F)cc1C(=O)NN. The highest BCUT2D eigenvalue weighted by atomic mass is 19.1. The molecule has 0 radical (unpaired) electrons. The fraction of sp³-hybridized carbons (Fsp3) is 0.125. The summed E-state index contributed by atoms with van der Waals surface area (Å²) in [4.78, 5) is 11.1. The highest BCUT2D eigenvalue weighted by Gasteiger charge is 2.15. The number of hydrogen-bond acceptors (Lipinski definition) is 4. The van der Waals surface area contributed by atoms with E-state index in [9.17, 15) is 9.18 Å². The van der Waals surface area contributed by atoms with Crippen molar-refractivity contribution in [2.75, 3.05) is 7.11 Å². The molecule has 5 nitrogen and oxygen atoms in total. The van der Waals surface area contributed by atoms with Gasteiger partial charge in [0.1, 0.15) is 5.75 Å². The van der Waals surface area contributed by atoms with Gasteiger partial charge in [0.05, 0.1) is 12.7 Å². The number of hydrazine groups is 1. The van der Waals surface area contributed by atoms with Crippen molar-refractivity contribution in [2.24, 2.45) is 5.84 Å². The van der Waals surface area contributed by atoms with E-state index in [4.69, 9.17) is 15.7 Å². The van der Waals surface area contributed by atoms with Crippen LogP contribution in [0.5, 0.6) is 11.5 Å². The second-order valence-electron chi connectivity index (χ2n) is 2.48. The summed E-state index contributed by atoms with van der Waals surface area (Å²) in [6.45, 7) is 0. The van der Waals surface area contributed by atoms with Crippen LogP contribution in [0.15, 0.2) is 12.1 Å². The quantitative estimate of drug-likeness (QED) is 0.360. The summed E-state index contributed by atoms with van der Waals surface area (Å²) in [6, 6.07) is 1.84. The lowest BCUT2D eigenvalue weighted by atomic mass is 10.1. The number of carbonyl (C=O) groups is 1.